The van der Waals surface area contributed by atoms with Crippen LogP contribution in [0.5, 0.6) is 0 Å². The van der Waals surface area contributed by atoms with Crippen LogP contribution in [0.2, 0.25) is 0 Å². The lowest BCUT2D eigenvalue weighted by Crippen LogP contribution is -2.48. The van der Waals surface area contributed by atoms with Crippen molar-refractivity contribution in [3.63, 3.8) is 0 Å². The van der Waals surface area contributed by atoms with Crippen LogP contribution in [0.1, 0.15) is 32.6 Å². The first-order valence-electron chi connectivity index (χ1n) is 9.68. The molecule has 1 aromatic carbocycles. The van der Waals surface area contributed by atoms with E-state index < -0.39 is 0 Å². The van der Waals surface area contributed by atoms with Crippen LogP contribution in [-0.2, 0) is 0 Å². The predicted octanol–water partition coefficient (Wildman–Crippen LogP) is 3.95. The van der Waals surface area contributed by atoms with Crippen molar-refractivity contribution in [2.24, 2.45) is 11.7 Å². The Hall–Kier alpha value is -2.58. The van der Waals surface area contributed by atoms with Gasteiger partial charge in [0.05, 0.1) is 5.52 Å². The lowest BCUT2D eigenvalue weighted by molar-refractivity contribution is 0.219. The van der Waals surface area contributed by atoms with Crippen LogP contribution in [0.15, 0.2) is 29.0 Å². The van der Waals surface area contributed by atoms with Crippen molar-refractivity contribution in [3.8, 4) is 11.4 Å². The van der Waals surface area contributed by atoms with Crippen LogP contribution in [0.4, 0.5) is 5.82 Å². The maximum Gasteiger partial charge on any atom is 0.204 e. The summed E-state index contributed by atoms with van der Waals surface area (Å²) in [6.45, 7) is 3.03. The number of fused-ring (bicyclic) bond motifs is 3. The summed E-state index contributed by atoms with van der Waals surface area (Å²) in [6, 6.07) is 6.13. The third kappa shape index (κ3) is 3.02. The van der Waals surface area contributed by atoms with E-state index in [4.69, 9.17) is 10.7 Å². The summed E-state index contributed by atoms with van der Waals surface area (Å²) in [5.74, 6) is 1.96. The van der Waals surface area contributed by atoms with E-state index >= 15 is 0 Å². The molecule has 1 aliphatic rings. The third-order valence-electron chi connectivity index (χ3n) is 6.01. The SMILES string of the molecule is CC1(N)CCCCC1CNc1nc2cc(-c3nn[nH]n3)ccc2c2cscc12. The molecular formula is C20H23N7S. The lowest BCUT2D eigenvalue weighted by Gasteiger charge is -2.38. The minimum atomic E-state index is -0.109. The van der Waals surface area contributed by atoms with Crippen LogP contribution in [0.25, 0.3) is 33.1 Å². The van der Waals surface area contributed by atoms with Gasteiger partial charge in [0.1, 0.15) is 5.82 Å². The van der Waals surface area contributed by atoms with Crippen molar-refractivity contribution in [1.82, 2.24) is 25.6 Å². The Labute approximate surface area is 166 Å². The number of anilines is 1. The van der Waals surface area contributed by atoms with Crippen molar-refractivity contribution < 1.29 is 0 Å². The molecule has 0 aliphatic heterocycles. The van der Waals surface area contributed by atoms with Crippen LogP contribution in [-0.4, -0.2) is 37.7 Å². The monoisotopic (exact) mass is 393 g/mol. The molecule has 3 aromatic heterocycles. The van der Waals surface area contributed by atoms with E-state index in [1.807, 2.05) is 12.1 Å². The summed E-state index contributed by atoms with van der Waals surface area (Å²) >= 11 is 1.70. The maximum absolute atomic E-state index is 6.56. The van der Waals surface area contributed by atoms with Gasteiger partial charge in [-0.2, -0.15) is 16.6 Å². The molecule has 4 N–H and O–H groups in total. The molecule has 144 valence electrons. The molecule has 2 unspecified atom stereocenters. The van der Waals surface area contributed by atoms with E-state index in [2.05, 4.69) is 49.7 Å². The van der Waals surface area contributed by atoms with Crippen molar-refractivity contribution >= 4 is 38.8 Å². The molecule has 0 saturated heterocycles. The average Bonchev–Trinajstić information content (AvgIpc) is 3.38. The quantitative estimate of drug-likeness (QED) is 0.485. The molecule has 8 heteroatoms. The number of hydrogen-bond acceptors (Lipinski definition) is 7. The minimum Gasteiger partial charge on any atom is -0.369 e. The fourth-order valence-electron chi connectivity index (χ4n) is 4.27. The Balaban J connectivity index is 1.52. The Kier molecular flexibility index (Phi) is 4.25. The number of tetrazole rings is 1. The highest BCUT2D eigenvalue weighted by Crippen LogP contribution is 2.35. The van der Waals surface area contributed by atoms with Gasteiger partial charge in [0.2, 0.25) is 5.82 Å². The average molecular weight is 394 g/mol. The van der Waals surface area contributed by atoms with Gasteiger partial charge >= 0.3 is 0 Å². The van der Waals surface area contributed by atoms with Gasteiger partial charge in [-0.05, 0) is 42.3 Å². The number of hydrogen-bond donors (Lipinski definition) is 3. The standard InChI is InChI=1S/C20H23N7S/c1-20(21)7-3-2-4-13(20)9-22-19-16-11-28-10-15(16)14-6-5-12(8-17(14)23-19)18-24-26-27-25-18/h5-6,8,10-11,13H,2-4,7,9,21H2,1H3,(H,22,23)(H,24,25,26,27). The third-order valence-corrected chi connectivity index (χ3v) is 6.75. The van der Waals surface area contributed by atoms with Gasteiger partial charge in [0, 0.05) is 39.2 Å². The van der Waals surface area contributed by atoms with E-state index in [0.717, 1.165) is 35.2 Å². The van der Waals surface area contributed by atoms with E-state index in [1.54, 1.807) is 11.3 Å². The summed E-state index contributed by atoms with van der Waals surface area (Å²) in [7, 11) is 0. The highest BCUT2D eigenvalue weighted by molar-refractivity contribution is 7.09. The summed E-state index contributed by atoms with van der Waals surface area (Å²) in [4.78, 5) is 4.95. The topological polar surface area (TPSA) is 105 Å². The second-order valence-corrected chi connectivity index (χ2v) is 8.70. The number of aromatic amines is 1. The largest absolute Gasteiger partial charge is 0.369 e. The van der Waals surface area contributed by atoms with Crippen molar-refractivity contribution in [2.45, 2.75) is 38.1 Å². The molecule has 3 heterocycles. The summed E-state index contributed by atoms with van der Waals surface area (Å²) in [5.41, 5.74) is 8.28. The fraction of sp³-hybridized carbons (Fsp3) is 0.400. The summed E-state index contributed by atoms with van der Waals surface area (Å²) < 4.78 is 0. The van der Waals surface area contributed by atoms with Gasteiger partial charge in [0.15, 0.2) is 0 Å². The minimum absolute atomic E-state index is 0.109. The number of H-pyrrole nitrogens is 1. The molecule has 4 aromatic rings. The number of nitrogens with two attached hydrogens (primary N) is 1. The highest BCUT2D eigenvalue weighted by Gasteiger charge is 2.32. The first-order chi connectivity index (χ1) is 13.6. The molecule has 28 heavy (non-hydrogen) atoms. The number of thiophene rings is 1. The zero-order chi connectivity index (χ0) is 19.1. The molecule has 1 saturated carbocycles. The number of aromatic nitrogens is 5. The zero-order valence-corrected chi connectivity index (χ0v) is 16.6. The number of pyridine rings is 1. The second kappa shape index (κ2) is 6.79. The summed E-state index contributed by atoms with van der Waals surface area (Å²) in [6.07, 6.45) is 4.74. The number of rotatable bonds is 4. The van der Waals surface area contributed by atoms with Gasteiger partial charge in [-0.15, -0.1) is 10.2 Å². The number of nitrogens with one attached hydrogen (secondary N) is 2. The van der Waals surface area contributed by atoms with Gasteiger partial charge in [-0.25, -0.2) is 4.98 Å². The highest BCUT2D eigenvalue weighted by atomic mass is 32.1. The van der Waals surface area contributed by atoms with E-state index in [1.165, 1.54) is 30.0 Å². The van der Waals surface area contributed by atoms with E-state index in [-0.39, 0.29) is 5.54 Å². The Morgan fingerprint density at radius 1 is 1.25 bits per heavy atom. The van der Waals surface area contributed by atoms with Gasteiger partial charge < -0.3 is 11.1 Å². The smallest absolute Gasteiger partial charge is 0.204 e. The van der Waals surface area contributed by atoms with Crippen LogP contribution in [0.3, 0.4) is 0 Å². The van der Waals surface area contributed by atoms with E-state index in [9.17, 15) is 0 Å². The number of benzene rings is 1. The van der Waals surface area contributed by atoms with Crippen LogP contribution < -0.4 is 11.1 Å². The molecule has 0 radical (unpaired) electrons. The Morgan fingerprint density at radius 3 is 2.96 bits per heavy atom. The van der Waals surface area contributed by atoms with Gasteiger partial charge in [-0.1, -0.05) is 25.0 Å². The van der Waals surface area contributed by atoms with E-state index in [0.29, 0.717) is 11.7 Å². The zero-order valence-electron chi connectivity index (χ0n) is 15.8. The normalized spacial score (nSPS) is 22.7. The molecule has 5 rings (SSSR count). The van der Waals surface area contributed by atoms with Crippen LogP contribution >= 0.6 is 11.3 Å². The molecule has 0 bridgehead atoms. The molecule has 7 nitrogen and oxygen atoms in total. The van der Waals surface area contributed by atoms with Gasteiger partial charge in [-0.3, -0.25) is 0 Å². The van der Waals surface area contributed by atoms with Crippen LogP contribution in [0, 0.1) is 5.92 Å². The van der Waals surface area contributed by atoms with Crippen molar-refractivity contribution in [2.75, 3.05) is 11.9 Å². The lowest BCUT2D eigenvalue weighted by atomic mass is 9.74. The Bertz CT molecular complexity index is 1120. The molecule has 0 spiro atoms. The van der Waals surface area contributed by atoms with Gasteiger partial charge in [0.25, 0.3) is 0 Å². The molecule has 0 amide bonds. The number of nitrogens with zero attached hydrogens (tertiary/aromatic N) is 4. The summed E-state index contributed by atoms with van der Waals surface area (Å²) in [5, 5.41) is 25.8. The molecule has 2 atom stereocenters. The predicted molar refractivity (Wildman–Crippen MR) is 113 cm³/mol. The molecule has 1 fully saturated rings. The fourth-order valence-corrected chi connectivity index (χ4v) is 5.10. The first-order valence-corrected chi connectivity index (χ1v) is 10.6. The molecular weight excluding hydrogens is 370 g/mol. The maximum atomic E-state index is 6.56. The second-order valence-electron chi connectivity index (χ2n) is 7.96. The first kappa shape index (κ1) is 17.5. The molecule has 1 aliphatic carbocycles. The van der Waals surface area contributed by atoms with Crippen molar-refractivity contribution in [3.05, 3.63) is 29.0 Å². The van der Waals surface area contributed by atoms with Crippen molar-refractivity contribution in [1.29, 1.82) is 0 Å². The Morgan fingerprint density at radius 2 is 2.14 bits per heavy atom.